The minimum atomic E-state index is -0.635. The number of rotatable bonds is 5. The molecule has 1 N–H and O–H groups in total. The quantitative estimate of drug-likeness (QED) is 0.608. The van der Waals surface area contributed by atoms with Crippen LogP contribution in [0.25, 0.3) is 6.08 Å². The summed E-state index contributed by atoms with van der Waals surface area (Å²) in [4.78, 5) is 24.2. The molecule has 2 rings (SSSR count). The third-order valence-electron chi connectivity index (χ3n) is 2.82. The van der Waals surface area contributed by atoms with E-state index in [9.17, 15) is 14.0 Å². The topological polar surface area (TPSA) is 55.4 Å². The van der Waals surface area contributed by atoms with E-state index < -0.39 is 24.3 Å². The van der Waals surface area contributed by atoms with Crippen LogP contribution in [-0.2, 0) is 14.3 Å². The summed E-state index contributed by atoms with van der Waals surface area (Å²) in [6, 6.07) is 6.18. The Hall–Kier alpha value is -1.99. The monoisotopic (exact) mass is 397 g/mol. The molecule has 4 nitrogen and oxygen atoms in total. The van der Waals surface area contributed by atoms with Gasteiger partial charge >= 0.3 is 5.97 Å². The van der Waals surface area contributed by atoms with Crippen molar-refractivity contribution in [2.75, 3.05) is 11.9 Å². The summed E-state index contributed by atoms with van der Waals surface area (Å²) in [5, 5.41) is 4.25. The first-order valence-electron chi connectivity index (χ1n) is 6.59. The minimum absolute atomic E-state index is 0.0269. The van der Waals surface area contributed by atoms with Gasteiger partial charge in [0.15, 0.2) is 6.61 Å². The molecule has 0 spiro atoms. The van der Waals surface area contributed by atoms with Crippen LogP contribution in [0.2, 0.25) is 0 Å². The molecule has 0 atom stereocenters. The van der Waals surface area contributed by atoms with Crippen molar-refractivity contribution in [2.24, 2.45) is 0 Å². The fraction of sp³-hybridized carbons (Fsp3) is 0.125. The van der Waals surface area contributed by atoms with E-state index in [2.05, 4.69) is 21.2 Å². The van der Waals surface area contributed by atoms with Crippen molar-refractivity contribution in [1.82, 2.24) is 0 Å². The molecule has 1 aromatic heterocycles. The van der Waals surface area contributed by atoms with Gasteiger partial charge in [-0.3, -0.25) is 4.79 Å². The van der Waals surface area contributed by atoms with Gasteiger partial charge in [0.05, 0.1) is 5.69 Å². The van der Waals surface area contributed by atoms with Crippen LogP contribution in [0.15, 0.2) is 40.2 Å². The third kappa shape index (κ3) is 5.30. The lowest BCUT2D eigenvalue weighted by Crippen LogP contribution is -2.20. The van der Waals surface area contributed by atoms with Crippen molar-refractivity contribution >= 4 is 50.9 Å². The van der Waals surface area contributed by atoms with Crippen molar-refractivity contribution < 1.29 is 18.7 Å². The van der Waals surface area contributed by atoms with Gasteiger partial charge in [-0.15, -0.1) is 11.3 Å². The molecule has 0 aliphatic carbocycles. The number of carbonyl (C=O) groups excluding carboxylic acids is 2. The molecule has 0 unspecified atom stereocenters. The van der Waals surface area contributed by atoms with Gasteiger partial charge in [-0.25, -0.2) is 9.18 Å². The van der Waals surface area contributed by atoms with E-state index in [1.165, 1.54) is 29.5 Å². The number of carbonyl (C=O) groups is 2. The number of hydrogen-bond acceptors (Lipinski definition) is 4. The highest BCUT2D eigenvalue weighted by Crippen LogP contribution is 2.19. The standard InChI is InChI=1S/C16H13BrFNO3S/c1-10-6-7-23-14(10)4-5-16(21)22-9-15(20)19-13-3-2-11(17)8-12(13)18/h2-8H,9H2,1H3,(H,19,20)/b5-4+. The maximum atomic E-state index is 13.6. The Labute approximate surface area is 145 Å². The number of thiophene rings is 1. The number of amides is 1. The first kappa shape index (κ1) is 17.4. The summed E-state index contributed by atoms with van der Waals surface area (Å²) in [7, 11) is 0. The third-order valence-corrected chi connectivity index (χ3v) is 4.30. The lowest BCUT2D eigenvalue weighted by atomic mass is 10.3. The van der Waals surface area contributed by atoms with Gasteiger partial charge in [0.25, 0.3) is 5.91 Å². The summed E-state index contributed by atoms with van der Waals surface area (Å²) in [6.45, 7) is 1.45. The molecule has 0 radical (unpaired) electrons. The molecule has 0 saturated heterocycles. The van der Waals surface area contributed by atoms with Crippen LogP contribution in [0.1, 0.15) is 10.4 Å². The first-order chi connectivity index (χ1) is 11.0. The lowest BCUT2D eigenvalue weighted by molar-refractivity contribution is -0.142. The molecule has 1 aromatic carbocycles. The second-order valence-corrected chi connectivity index (χ2v) is 6.44. The molecule has 0 aliphatic rings. The first-order valence-corrected chi connectivity index (χ1v) is 8.27. The summed E-state index contributed by atoms with van der Waals surface area (Å²) < 4.78 is 18.9. The molecule has 0 aliphatic heterocycles. The molecule has 1 heterocycles. The summed E-state index contributed by atoms with van der Waals surface area (Å²) in [5.41, 5.74) is 1.08. The summed E-state index contributed by atoms with van der Waals surface area (Å²) in [5.74, 6) is -1.82. The largest absolute Gasteiger partial charge is 0.452 e. The molecular formula is C16H13BrFNO3S. The van der Waals surface area contributed by atoms with Crippen LogP contribution in [0, 0.1) is 12.7 Å². The highest BCUT2D eigenvalue weighted by molar-refractivity contribution is 9.10. The number of halogens is 2. The average molecular weight is 398 g/mol. The van der Waals surface area contributed by atoms with Crippen molar-refractivity contribution in [3.63, 3.8) is 0 Å². The summed E-state index contributed by atoms with van der Waals surface area (Å²) >= 11 is 4.62. The van der Waals surface area contributed by atoms with Gasteiger partial charge in [-0.2, -0.15) is 0 Å². The van der Waals surface area contributed by atoms with E-state index in [1.807, 2.05) is 18.4 Å². The van der Waals surface area contributed by atoms with E-state index in [1.54, 1.807) is 12.1 Å². The second kappa shape index (κ2) is 8.03. The van der Waals surface area contributed by atoms with E-state index in [4.69, 9.17) is 4.74 Å². The Morgan fingerprint density at radius 3 is 2.83 bits per heavy atom. The second-order valence-electron chi connectivity index (χ2n) is 4.58. The average Bonchev–Trinajstić information content (AvgIpc) is 2.91. The molecule has 120 valence electrons. The van der Waals surface area contributed by atoms with Crippen molar-refractivity contribution in [2.45, 2.75) is 6.92 Å². The molecule has 0 bridgehead atoms. The van der Waals surface area contributed by atoms with Crippen LogP contribution in [0.3, 0.4) is 0 Å². The van der Waals surface area contributed by atoms with E-state index >= 15 is 0 Å². The van der Waals surface area contributed by atoms with Crippen molar-refractivity contribution in [3.8, 4) is 0 Å². The van der Waals surface area contributed by atoms with Crippen LogP contribution in [-0.4, -0.2) is 18.5 Å². The predicted octanol–water partition coefficient (Wildman–Crippen LogP) is 4.15. The maximum Gasteiger partial charge on any atom is 0.331 e. The fourth-order valence-corrected chi connectivity index (χ4v) is 2.81. The Morgan fingerprint density at radius 1 is 1.39 bits per heavy atom. The predicted molar refractivity (Wildman–Crippen MR) is 91.8 cm³/mol. The number of benzene rings is 1. The van der Waals surface area contributed by atoms with E-state index in [0.29, 0.717) is 4.47 Å². The highest BCUT2D eigenvalue weighted by Gasteiger charge is 2.09. The summed E-state index contributed by atoms with van der Waals surface area (Å²) in [6.07, 6.45) is 2.89. The molecule has 2 aromatic rings. The van der Waals surface area contributed by atoms with E-state index in [0.717, 1.165) is 10.4 Å². The van der Waals surface area contributed by atoms with Crippen LogP contribution < -0.4 is 5.32 Å². The number of hydrogen-bond donors (Lipinski definition) is 1. The SMILES string of the molecule is Cc1ccsc1/C=C/C(=O)OCC(=O)Nc1ccc(Br)cc1F. The number of aryl methyl sites for hydroxylation is 1. The highest BCUT2D eigenvalue weighted by atomic mass is 79.9. The zero-order valence-corrected chi connectivity index (χ0v) is 14.5. The van der Waals surface area contributed by atoms with Gasteiger partial charge < -0.3 is 10.1 Å². The normalized spacial score (nSPS) is 10.7. The van der Waals surface area contributed by atoms with Crippen LogP contribution >= 0.6 is 27.3 Å². The van der Waals surface area contributed by atoms with Crippen molar-refractivity contribution in [3.05, 3.63) is 56.5 Å². The number of esters is 1. The Bertz CT molecular complexity index is 758. The lowest BCUT2D eigenvalue weighted by Gasteiger charge is -2.06. The Kier molecular flexibility index (Phi) is 6.06. The molecule has 23 heavy (non-hydrogen) atoms. The molecule has 1 amide bonds. The molecule has 7 heteroatoms. The van der Waals surface area contributed by atoms with Crippen LogP contribution in [0.5, 0.6) is 0 Å². The smallest absolute Gasteiger partial charge is 0.331 e. The molecule has 0 fully saturated rings. The van der Waals surface area contributed by atoms with Gasteiger partial charge in [0.2, 0.25) is 0 Å². The Balaban J connectivity index is 1.83. The number of ether oxygens (including phenoxy) is 1. The molecule has 0 saturated carbocycles. The van der Waals surface area contributed by atoms with Crippen molar-refractivity contribution in [1.29, 1.82) is 0 Å². The number of nitrogens with one attached hydrogen (secondary N) is 1. The zero-order valence-electron chi connectivity index (χ0n) is 12.1. The number of anilines is 1. The maximum absolute atomic E-state index is 13.6. The Morgan fingerprint density at radius 2 is 2.17 bits per heavy atom. The van der Waals surface area contributed by atoms with Gasteiger partial charge in [0, 0.05) is 15.4 Å². The molecular weight excluding hydrogens is 385 g/mol. The van der Waals surface area contributed by atoms with Gasteiger partial charge in [-0.1, -0.05) is 15.9 Å². The van der Waals surface area contributed by atoms with Gasteiger partial charge in [0.1, 0.15) is 5.82 Å². The van der Waals surface area contributed by atoms with Gasteiger partial charge in [-0.05, 0) is 48.2 Å². The minimum Gasteiger partial charge on any atom is -0.452 e. The zero-order chi connectivity index (χ0) is 16.8. The fourth-order valence-electron chi connectivity index (χ4n) is 1.66. The van der Waals surface area contributed by atoms with E-state index in [-0.39, 0.29) is 5.69 Å². The van der Waals surface area contributed by atoms with Crippen LogP contribution in [0.4, 0.5) is 10.1 Å².